The van der Waals surface area contributed by atoms with Gasteiger partial charge in [0.15, 0.2) is 0 Å². The number of halogens is 1. The molecule has 0 saturated heterocycles. The second-order valence-electron chi connectivity index (χ2n) is 3.76. The van der Waals surface area contributed by atoms with Crippen LogP contribution in [0.15, 0.2) is 18.2 Å². The maximum absolute atomic E-state index is 13.1. The summed E-state index contributed by atoms with van der Waals surface area (Å²) in [4.78, 5) is 0.180. The summed E-state index contributed by atoms with van der Waals surface area (Å²) in [6.45, 7) is 2.62. The van der Waals surface area contributed by atoms with Crippen molar-refractivity contribution in [2.45, 2.75) is 19.4 Å². The first-order chi connectivity index (χ1) is 8.08. The zero-order valence-electron chi connectivity index (χ0n) is 10.00. The number of methoxy groups -OCH3 is 1. The van der Waals surface area contributed by atoms with Crippen molar-refractivity contribution in [3.8, 4) is 0 Å². The number of hydrogen-bond donors (Lipinski definition) is 2. The van der Waals surface area contributed by atoms with E-state index in [4.69, 9.17) is 22.7 Å². The fourth-order valence-corrected chi connectivity index (χ4v) is 1.70. The Morgan fingerprint density at radius 3 is 2.82 bits per heavy atom. The van der Waals surface area contributed by atoms with Gasteiger partial charge in [0.2, 0.25) is 0 Å². The van der Waals surface area contributed by atoms with Gasteiger partial charge in [0.05, 0.1) is 6.61 Å². The summed E-state index contributed by atoms with van der Waals surface area (Å²) >= 11 is 4.90. The lowest BCUT2D eigenvalue weighted by Crippen LogP contribution is -2.25. The van der Waals surface area contributed by atoms with Crippen molar-refractivity contribution in [3.63, 3.8) is 0 Å². The first kappa shape index (κ1) is 13.9. The van der Waals surface area contributed by atoms with Crippen LogP contribution in [0.2, 0.25) is 0 Å². The molecular formula is C12H17FN2OS. The van der Waals surface area contributed by atoms with Gasteiger partial charge in [-0.25, -0.2) is 4.39 Å². The quantitative estimate of drug-likeness (QED) is 0.767. The highest BCUT2D eigenvalue weighted by atomic mass is 32.1. The lowest BCUT2D eigenvalue weighted by atomic mass is 10.1. The Morgan fingerprint density at radius 1 is 1.59 bits per heavy atom. The summed E-state index contributed by atoms with van der Waals surface area (Å²) in [5, 5.41) is 3.25. The maximum atomic E-state index is 13.1. The Hall–Kier alpha value is -1.20. The van der Waals surface area contributed by atoms with Crippen molar-refractivity contribution in [1.82, 2.24) is 0 Å². The molecule has 0 radical (unpaired) electrons. The van der Waals surface area contributed by atoms with Crippen LogP contribution in [0.1, 0.15) is 18.9 Å². The lowest BCUT2D eigenvalue weighted by molar-refractivity contribution is 0.184. The molecule has 0 spiro atoms. The predicted octanol–water partition coefficient (Wildman–Crippen LogP) is 2.30. The molecule has 5 heteroatoms. The van der Waals surface area contributed by atoms with Gasteiger partial charge in [0.25, 0.3) is 0 Å². The van der Waals surface area contributed by atoms with Crippen LogP contribution in [0.4, 0.5) is 10.1 Å². The molecule has 0 bridgehead atoms. The summed E-state index contributed by atoms with van der Waals surface area (Å²) in [5.74, 6) is -0.349. The van der Waals surface area contributed by atoms with Crippen LogP contribution in [-0.2, 0) is 4.74 Å². The predicted molar refractivity (Wildman–Crippen MR) is 71.9 cm³/mol. The number of hydrogen-bond acceptors (Lipinski definition) is 3. The highest BCUT2D eigenvalue weighted by Gasteiger charge is 2.11. The minimum Gasteiger partial charge on any atom is -0.389 e. The number of thiocarbonyl (C=S) groups is 1. The lowest BCUT2D eigenvalue weighted by Gasteiger charge is -2.19. The molecule has 1 aromatic carbocycles. The number of anilines is 1. The van der Waals surface area contributed by atoms with Crippen molar-refractivity contribution in [1.29, 1.82) is 0 Å². The van der Waals surface area contributed by atoms with Gasteiger partial charge in [0.1, 0.15) is 10.8 Å². The summed E-state index contributed by atoms with van der Waals surface area (Å²) in [6, 6.07) is 4.51. The smallest absolute Gasteiger partial charge is 0.124 e. The molecule has 0 amide bonds. The third-order valence-corrected chi connectivity index (χ3v) is 2.69. The van der Waals surface area contributed by atoms with Crippen LogP contribution in [0.25, 0.3) is 0 Å². The first-order valence-corrected chi connectivity index (χ1v) is 5.84. The molecule has 0 aliphatic rings. The van der Waals surface area contributed by atoms with Gasteiger partial charge in [-0.05, 0) is 24.6 Å². The molecule has 3 N–H and O–H groups in total. The topological polar surface area (TPSA) is 47.3 Å². The fraction of sp³-hybridized carbons (Fsp3) is 0.417. The molecule has 0 fully saturated rings. The molecule has 3 nitrogen and oxygen atoms in total. The summed E-state index contributed by atoms with van der Waals surface area (Å²) in [5.41, 5.74) is 6.83. The third-order valence-electron chi connectivity index (χ3n) is 2.47. The molecule has 1 atom stereocenters. The molecular weight excluding hydrogens is 239 g/mol. The van der Waals surface area contributed by atoms with E-state index < -0.39 is 0 Å². The normalized spacial score (nSPS) is 12.2. The molecule has 0 aliphatic heterocycles. The highest BCUT2D eigenvalue weighted by molar-refractivity contribution is 7.80. The Morgan fingerprint density at radius 2 is 2.29 bits per heavy atom. The minimum atomic E-state index is -0.349. The Labute approximate surface area is 106 Å². The van der Waals surface area contributed by atoms with Gasteiger partial charge in [-0.3, -0.25) is 0 Å². The number of nitrogens with two attached hydrogens (primary N) is 1. The molecule has 0 heterocycles. The Bertz CT molecular complexity index is 398. The SMILES string of the molecule is CCC(COC)Nc1ccc(F)cc1C(N)=S. The van der Waals surface area contributed by atoms with E-state index in [-0.39, 0.29) is 16.8 Å². The van der Waals surface area contributed by atoms with E-state index in [0.717, 1.165) is 12.1 Å². The average molecular weight is 256 g/mol. The van der Waals surface area contributed by atoms with Gasteiger partial charge in [0, 0.05) is 24.4 Å². The molecule has 94 valence electrons. The zero-order valence-corrected chi connectivity index (χ0v) is 10.8. The first-order valence-electron chi connectivity index (χ1n) is 5.43. The minimum absolute atomic E-state index is 0.151. The fourth-order valence-electron chi connectivity index (χ4n) is 1.53. The van der Waals surface area contributed by atoms with E-state index in [0.29, 0.717) is 12.2 Å². The van der Waals surface area contributed by atoms with Gasteiger partial charge < -0.3 is 15.8 Å². The van der Waals surface area contributed by atoms with Crippen molar-refractivity contribution in [3.05, 3.63) is 29.6 Å². The number of benzene rings is 1. The van der Waals surface area contributed by atoms with E-state index in [1.54, 1.807) is 13.2 Å². The highest BCUT2D eigenvalue weighted by Crippen LogP contribution is 2.18. The largest absolute Gasteiger partial charge is 0.389 e. The van der Waals surface area contributed by atoms with E-state index in [1.165, 1.54) is 12.1 Å². The third kappa shape index (κ3) is 3.94. The molecule has 0 aliphatic carbocycles. The van der Waals surface area contributed by atoms with E-state index >= 15 is 0 Å². The van der Waals surface area contributed by atoms with E-state index in [1.807, 2.05) is 6.92 Å². The van der Waals surface area contributed by atoms with Gasteiger partial charge in [-0.15, -0.1) is 0 Å². The summed E-state index contributed by atoms with van der Waals surface area (Å²) in [6.07, 6.45) is 0.891. The zero-order chi connectivity index (χ0) is 12.8. The van der Waals surface area contributed by atoms with Gasteiger partial charge >= 0.3 is 0 Å². The number of rotatable bonds is 6. The standard InChI is InChI=1S/C12H17FN2OS/c1-3-9(7-16-2)15-11-5-4-8(13)6-10(11)12(14)17/h4-6,9,15H,3,7H2,1-2H3,(H2,14,17). The van der Waals surface area contributed by atoms with Gasteiger partial charge in [-0.2, -0.15) is 0 Å². The van der Waals surface area contributed by atoms with Crippen LogP contribution < -0.4 is 11.1 Å². The number of ether oxygens (including phenoxy) is 1. The van der Waals surface area contributed by atoms with Crippen molar-refractivity contribution in [2.75, 3.05) is 19.0 Å². The van der Waals surface area contributed by atoms with Crippen LogP contribution >= 0.6 is 12.2 Å². The average Bonchev–Trinajstić information content (AvgIpc) is 2.30. The van der Waals surface area contributed by atoms with Crippen LogP contribution in [-0.4, -0.2) is 24.7 Å². The second kappa shape index (κ2) is 6.51. The van der Waals surface area contributed by atoms with Crippen molar-refractivity contribution in [2.24, 2.45) is 5.73 Å². The summed E-state index contributed by atoms with van der Waals surface area (Å²) in [7, 11) is 1.64. The van der Waals surface area contributed by atoms with E-state index in [2.05, 4.69) is 5.32 Å². The second-order valence-corrected chi connectivity index (χ2v) is 4.20. The number of nitrogens with one attached hydrogen (secondary N) is 1. The summed E-state index contributed by atoms with van der Waals surface area (Å²) < 4.78 is 18.2. The van der Waals surface area contributed by atoms with Crippen molar-refractivity contribution < 1.29 is 9.13 Å². The van der Waals surface area contributed by atoms with Crippen LogP contribution in [0, 0.1) is 5.82 Å². The molecule has 17 heavy (non-hydrogen) atoms. The van der Waals surface area contributed by atoms with E-state index in [9.17, 15) is 4.39 Å². The monoisotopic (exact) mass is 256 g/mol. The molecule has 1 unspecified atom stereocenters. The van der Waals surface area contributed by atoms with Crippen LogP contribution in [0.3, 0.4) is 0 Å². The van der Waals surface area contributed by atoms with Crippen molar-refractivity contribution >= 4 is 22.9 Å². The molecule has 0 saturated carbocycles. The molecule has 1 aromatic rings. The van der Waals surface area contributed by atoms with Crippen LogP contribution in [0.5, 0.6) is 0 Å². The molecule has 1 rings (SSSR count). The van der Waals surface area contributed by atoms with Gasteiger partial charge in [-0.1, -0.05) is 19.1 Å². The Balaban J connectivity index is 2.92. The molecule has 0 aromatic heterocycles. The maximum Gasteiger partial charge on any atom is 0.124 e. The Kier molecular flexibility index (Phi) is 5.31.